The maximum absolute atomic E-state index is 10.1. The molecule has 10 heavy (non-hydrogen) atoms. The average Bonchev–Trinajstić information content (AvgIpc) is 1.99. The highest BCUT2D eigenvalue weighted by Crippen LogP contribution is 1.99. The summed E-state index contributed by atoms with van der Waals surface area (Å²) < 4.78 is 9.72. The molecule has 1 unspecified atom stereocenters. The van der Waals surface area contributed by atoms with Crippen LogP contribution in [0.25, 0.3) is 0 Å². The molecule has 2 atom stereocenters. The second-order valence-electron chi connectivity index (χ2n) is 1.84. The molecule has 0 amide bonds. The molecule has 0 heterocycles. The zero-order valence-electron chi connectivity index (χ0n) is 6.04. The maximum Gasteiger partial charge on any atom is 0.214 e. The molecular formula is C6H11BrO3. The van der Waals surface area contributed by atoms with E-state index < -0.39 is 6.29 Å². The SMILES string of the molecule is CO[C@H](C=O)OC(C)CBr. The average molecular weight is 211 g/mol. The molecule has 0 radical (unpaired) electrons. The summed E-state index contributed by atoms with van der Waals surface area (Å²) >= 11 is 3.21. The van der Waals surface area contributed by atoms with Gasteiger partial charge in [-0.05, 0) is 6.92 Å². The van der Waals surface area contributed by atoms with Crippen LogP contribution in [0.3, 0.4) is 0 Å². The lowest BCUT2D eigenvalue weighted by Crippen LogP contribution is -2.23. The second-order valence-corrected chi connectivity index (χ2v) is 2.49. The van der Waals surface area contributed by atoms with E-state index >= 15 is 0 Å². The predicted octanol–water partition coefficient (Wildman–Crippen LogP) is 0.958. The molecule has 0 spiro atoms. The molecule has 4 heteroatoms. The first-order valence-corrected chi connectivity index (χ1v) is 4.06. The van der Waals surface area contributed by atoms with Crippen molar-refractivity contribution in [3.63, 3.8) is 0 Å². The molecule has 0 N–H and O–H groups in total. The quantitative estimate of drug-likeness (QED) is 0.386. The Balaban J connectivity index is 3.51. The van der Waals surface area contributed by atoms with Crippen molar-refractivity contribution in [3.05, 3.63) is 0 Å². The Hall–Kier alpha value is 0.0700. The molecule has 0 saturated heterocycles. The van der Waals surface area contributed by atoms with Crippen molar-refractivity contribution in [2.24, 2.45) is 0 Å². The van der Waals surface area contributed by atoms with Crippen LogP contribution in [0.4, 0.5) is 0 Å². The molecule has 0 rings (SSSR count). The van der Waals surface area contributed by atoms with Gasteiger partial charge in [0.1, 0.15) is 0 Å². The van der Waals surface area contributed by atoms with E-state index in [0.717, 1.165) is 0 Å². The number of carbonyl (C=O) groups excluding carboxylic acids is 1. The van der Waals surface area contributed by atoms with Gasteiger partial charge in [-0.3, -0.25) is 4.79 Å². The third-order valence-electron chi connectivity index (χ3n) is 0.927. The first-order valence-electron chi connectivity index (χ1n) is 2.94. The Morgan fingerprint density at radius 2 is 2.30 bits per heavy atom. The van der Waals surface area contributed by atoms with E-state index in [-0.39, 0.29) is 6.10 Å². The zero-order chi connectivity index (χ0) is 7.98. The van der Waals surface area contributed by atoms with Crippen LogP contribution in [0.15, 0.2) is 0 Å². The number of methoxy groups -OCH3 is 1. The number of carbonyl (C=O) groups is 1. The Kier molecular flexibility index (Phi) is 5.87. The molecular weight excluding hydrogens is 200 g/mol. The van der Waals surface area contributed by atoms with Crippen LogP contribution in [-0.2, 0) is 14.3 Å². The maximum atomic E-state index is 10.1. The third kappa shape index (κ3) is 3.98. The number of hydrogen-bond acceptors (Lipinski definition) is 3. The topological polar surface area (TPSA) is 35.5 Å². The largest absolute Gasteiger partial charge is 0.350 e. The fraction of sp³-hybridized carbons (Fsp3) is 0.833. The number of alkyl halides is 1. The summed E-state index contributed by atoms with van der Waals surface area (Å²) in [6, 6.07) is 0. The predicted molar refractivity (Wildman–Crippen MR) is 41.2 cm³/mol. The number of halogens is 1. The minimum atomic E-state index is -0.729. The van der Waals surface area contributed by atoms with Crippen molar-refractivity contribution in [2.45, 2.75) is 19.3 Å². The lowest BCUT2D eigenvalue weighted by Gasteiger charge is -2.13. The fourth-order valence-corrected chi connectivity index (χ4v) is 0.561. The molecule has 0 aromatic heterocycles. The van der Waals surface area contributed by atoms with Crippen LogP contribution in [-0.4, -0.2) is 31.1 Å². The molecule has 0 aromatic carbocycles. The summed E-state index contributed by atoms with van der Waals surface area (Å²) in [4.78, 5) is 10.1. The second kappa shape index (κ2) is 5.82. The number of aldehydes is 1. The van der Waals surface area contributed by atoms with Crippen LogP contribution in [0, 0.1) is 0 Å². The van der Waals surface area contributed by atoms with E-state index in [2.05, 4.69) is 20.7 Å². The van der Waals surface area contributed by atoms with Gasteiger partial charge < -0.3 is 9.47 Å². The van der Waals surface area contributed by atoms with Gasteiger partial charge in [0.2, 0.25) is 6.29 Å². The Bertz CT molecular complexity index is 97.0. The molecule has 0 aromatic rings. The molecule has 0 saturated carbocycles. The molecule has 0 aliphatic rings. The van der Waals surface area contributed by atoms with Gasteiger partial charge in [0, 0.05) is 12.4 Å². The minimum Gasteiger partial charge on any atom is -0.350 e. The first-order chi connectivity index (χ1) is 4.74. The van der Waals surface area contributed by atoms with E-state index in [0.29, 0.717) is 11.6 Å². The van der Waals surface area contributed by atoms with Crippen molar-refractivity contribution in [2.75, 3.05) is 12.4 Å². The van der Waals surface area contributed by atoms with Crippen LogP contribution in [0.2, 0.25) is 0 Å². The van der Waals surface area contributed by atoms with Gasteiger partial charge in [0.15, 0.2) is 6.29 Å². The molecule has 0 aliphatic carbocycles. The van der Waals surface area contributed by atoms with E-state index in [1.807, 2.05) is 6.92 Å². The van der Waals surface area contributed by atoms with E-state index in [4.69, 9.17) is 4.74 Å². The molecule has 0 bridgehead atoms. The molecule has 0 aliphatic heterocycles. The molecule has 3 nitrogen and oxygen atoms in total. The Morgan fingerprint density at radius 3 is 2.60 bits per heavy atom. The number of ether oxygens (including phenoxy) is 2. The highest BCUT2D eigenvalue weighted by atomic mass is 79.9. The number of hydrogen-bond donors (Lipinski definition) is 0. The van der Waals surface area contributed by atoms with Gasteiger partial charge in [0.05, 0.1) is 6.10 Å². The first kappa shape index (κ1) is 10.1. The standard InChI is InChI=1S/C6H11BrO3/c1-5(3-7)10-6(4-8)9-2/h4-6H,3H2,1-2H3/t5?,6-/m0/s1. The van der Waals surface area contributed by atoms with Crippen LogP contribution < -0.4 is 0 Å². The van der Waals surface area contributed by atoms with Crippen molar-refractivity contribution in [1.82, 2.24) is 0 Å². The lowest BCUT2D eigenvalue weighted by molar-refractivity contribution is -0.158. The normalized spacial score (nSPS) is 16.3. The van der Waals surface area contributed by atoms with Crippen molar-refractivity contribution in [3.8, 4) is 0 Å². The summed E-state index contributed by atoms with van der Waals surface area (Å²) in [7, 11) is 1.43. The third-order valence-corrected chi connectivity index (χ3v) is 1.84. The van der Waals surface area contributed by atoms with Crippen LogP contribution in [0.1, 0.15) is 6.92 Å². The minimum absolute atomic E-state index is 0.00449. The van der Waals surface area contributed by atoms with Crippen LogP contribution in [0.5, 0.6) is 0 Å². The van der Waals surface area contributed by atoms with E-state index in [1.54, 1.807) is 0 Å². The van der Waals surface area contributed by atoms with E-state index in [9.17, 15) is 4.79 Å². The summed E-state index contributed by atoms with van der Waals surface area (Å²) in [5, 5.41) is 0.695. The van der Waals surface area contributed by atoms with Gasteiger partial charge in [0.25, 0.3) is 0 Å². The van der Waals surface area contributed by atoms with Gasteiger partial charge in [-0.2, -0.15) is 0 Å². The number of rotatable bonds is 5. The monoisotopic (exact) mass is 210 g/mol. The highest BCUT2D eigenvalue weighted by Gasteiger charge is 2.08. The molecule has 0 fully saturated rings. The summed E-state index contributed by atoms with van der Waals surface area (Å²) in [6.45, 7) is 1.85. The smallest absolute Gasteiger partial charge is 0.214 e. The highest BCUT2D eigenvalue weighted by molar-refractivity contribution is 9.09. The summed E-state index contributed by atoms with van der Waals surface area (Å²) in [5.74, 6) is 0. The van der Waals surface area contributed by atoms with E-state index in [1.165, 1.54) is 7.11 Å². The summed E-state index contributed by atoms with van der Waals surface area (Å²) in [5.41, 5.74) is 0. The fourth-order valence-electron chi connectivity index (χ4n) is 0.409. The van der Waals surface area contributed by atoms with Gasteiger partial charge >= 0.3 is 0 Å². The van der Waals surface area contributed by atoms with Gasteiger partial charge in [-0.25, -0.2) is 0 Å². The van der Waals surface area contributed by atoms with Crippen molar-refractivity contribution in [1.29, 1.82) is 0 Å². The lowest BCUT2D eigenvalue weighted by atomic mass is 10.5. The van der Waals surface area contributed by atoms with Crippen molar-refractivity contribution < 1.29 is 14.3 Å². The van der Waals surface area contributed by atoms with Crippen molar-refractivity contribution >= 4 is 22.2 Å². The molecule has 60 valence electrons. The zero-order valence-corrected chi connectivity index (χ0v) is 7.63. The van der Waals surface area contributed by atoms with Crippen LogP contribution >= 0.6 is 15.9 Å². The van der Waals surface area contributed by atoms with Gasteiger partial charge in [-0.1, -0.05) is 15.9 Å². The Labute approximate surface area is 68.8 Å². The Morgan fingerprint density at radius 1 is 1.70 bits per heavy atom. The van der Waals surface area contributed by atoms with Gasteiger partial charge in [-0.15, -0.1) is 0 Å². The summed E-state index contributed by atoms with van der Waals surface area (Å²) in [6.07, 6.45) is -0.109.